The van der Waals surface area contributed by atoms with Crippen LogP contribution in [0.3, 0.4) is 0 Å². The van der Waals surface area contributed by atoms with Crippen molar-refractivity contribution in [3.05, 3.63) is 29.8 Å². The minimum Gasteiger partial charge on any atom is -0.352 e. The Labute approximate surface area is 119 Å². The number of rotatable bonds is 4. The van der Waals surface area contributed by atoms with E-state index in [4.69, 9.17) is 0 Å². The zero-order chi connectivity index (χ0) is 13.7. The van der Waals surface area contributed by atoms with Gasteiger partial charge in [-0.25, -0.2) is 0 Å². The van der Waals surface area contributed by atoms with Gasteiger partial charge in [-0.15, -0.1) is 11.8 Å². The number of aryl methyl sites for hydroxylation is 1. The van der Waals surface area contributed by atoms with Crippen LogP contribution in [0.2, 0.25) is 0 Å². The first-order chi connectivity index (χ1) is 9.16. The van der Waals surface area contributed by atoms with Gasteiger partial charge in [0.2, 0.25) is 5.91 Å². The molecule has 2 unspecified atom stereocenters. The zero-order valence-corrected chi connectivity index (χ0v) is 12.4. The fraction of sp³-hybridized carbons (Fsp3) is 0.533. The Kier molecular flexibility index (Phi) is 5.28. The van der Waals surface area contributed by atoms with Crippen molar-refractivity contribution < 1.29 is 4.79 Å². The highest BCUT2D eigenvalue weighted by Crippen LogP contribution is 2.21. The third-order valence-corrected chi connectivity index (χ3v) is 4.76. The number of hydrogen-bond acceptors (Lipinski definition) is 3. The first kappa shape index (κ1) is 14.4. The minimum absolute atomic E-state index is 0.145. The average molecular weight is 278 g/mol. The van der Waals surface area contributed by atoms with Crippen LogP contribution in [0.5, 0.6) is 0 Å². The molecule has 0 aromatic heterocycles. The van der Waals surface area contributed by atoms with Gasteiger partial charge in [0.05, 0.1) is 5.75 Å². The van der Waals surface area contributed by atoms with E-state index >= 15 is 0 Å². The fourth-order valence-corrected chi connectivity index (χ4v) is 3.18. The van der Waals surface area contributed by atoms with E-state index in [0.717, 1.165) is 19.5 Å². The molecule has 2 N–H and O–H groups in total. The molecule has 0 aliphatic carbocycles. The molecule has 1 saturated heterocycles. The van der Waals surface area contributed by atoms with Crippen molar-refractivity contribution in [2.24, 2.45) is 5.92 Å². The van der Waals surface area contributed by atoms with Crippen LogP contribution in [0, 0.1) is 12.8 Å². The largest absolute Gasteiger partial charge is 0.352 e. The predicted octanol–water partition coefficient (Wildman–Crippen LogP) is 2.20. The summed E-state index contributed by atoms with van der Waals surface area (Å²) in [6.07, 6.45) is 1.03. The van der Waals surface area contributed by atoms with E-state index in [1.54, 1.807) is 11.8 Å². The van der Waals surface area contributed by atoms with E-state index in [-0.39, 0.29) is 5.91 Å². The highest BCUT2D eigenvalue weighted by Gasteiger charge is 2.22. The molecule has 3 nitrogen and oxygen atoms in total. The van der Waals surface area contributed by atoms with E-state index in [1.165, 1.54) is 10.5 Å². The first-order valence-electron chi connectivity index (χ1n) is 6.85. The molecule has 1 aliphatic heterocycles. The Morgan fingerprint density at radius 3 is 3.00 bits per heavy atom. The molecule has 2 rings (SSSR count). The molecular weight excluding hydrogens is 256 g/mol. The van der Waals surface area contributed by atoms with Crippen molar-refractivity contribution in [3.63, 3.8) is 0 Å². The van der Waals surface area contributed by atoms with Crippen molar-refractivity contribution in [2.75, 3.05) is 18.8 Å². The topological polar surface area (TPSA) is 41.1 Å². The third-order valence-electron chi connectivity index (χ3n) is 3.58. The van der Waals surface area contributed by atoms with Gasteiger partial charge in [0, 0.05) is 10.9 Å². The smallest absolute Gasteiger partial charge is 0.230 e. The molecule has 1 amide bonds. The molecule has 2 atom stereocenters. The molecule has 1 aliphatic rings. The molecule has 19 heavy (non-hydrogen) atoms. The van der Waals surface area contributed by atoms with Gasteiger partial charge >= 0.3 is 0 Å². The molecule has 0 radical (unpaired) electrons. The van der Waals surface area contributed by atoms with Gasteiger partial charge in [0.1, 0.15) is 0 Å². The van der Waals surface area contributed by atoms with Crippen LogP contribution in [-0.4, -0.2) is 30.8 Å². The Hall–Kier alpha value is -1.00. The number of nitrogens with one attached hydrogen (secondary N) is 2. The summed E-state index contributed by atoms with van der Waals surface area (Å²) in [7, 11) is 0. The summed E-state index contributed by atoms with van der Waals surface area (Å²) in [6, 6.07) is 8.51. The molecular formula is C15H22N2OS. The quantitative estimate of drug-likeness (QED) is 0.830. The second-order valence-corrected chi connectivity index (χ2v) is 6.22. The zero-order valence-electron chi connectivity index (χ0n) is 11.6. The number of carbonyl (C=O) groups excluding carboxylic acids is 1. The van der Waals surface area contributed by atoms with Gasteiger partial charge in [0.25, 0.3) is 0 Å². The van der Waals surface area contributed by atoms with Crippen LogP contribution in [-0.2, 0) is 4.79 Å². The number of benzene rings is 1. The molecule has 1 heterocycles. The van der Waals surface area contributed by atoms with Crippen molar-refractivity contribution in [1.82, 2.24) is 10.6 Å². The lowest BCUT2D eigenvalue weighted by atomic mass is 9.95. The summed E-state index contributed by atoms with van der Waals surface area (Å²) < 4.78 is 0. The molecule has 1 aromatic carbocycles. The van der Waals surface area contributed by atoms with Gasteiger partial charge in [-0.2, -0.15) is 0 Å². The van der Waals surface area contributed by atoms with E-state index in [9.17, 15) is 4.79 Å². The molecule has 104 valence electrons. The Balaban J connectivity index is 1.80. The summed E-state index contributed by atoms with van der Waals surface area (Å²) in [5.74, 6) is 1.16. The lowest BCUT2D eigenvalue weighted by molar-refractivity contribution is -0.119. The van der Waals surface area contributed by atoms with Crippen LogP contribution in [0.1, 0.15) is 18.9 Å². The SMILES string of the molecule is Cc1ccccc1SCC(=O)NC1CCNCC1C. The third kappa shape index (κ3) is 4.25. The van der Waals surface area contributed by atoms with Gasteiger partial charge in [0.15, 0.2) is 0 Å². The van der Waals surface area contributed by atoms with Gasteiger partial charge in [-0.3, -0.25) is 4.79 Å². The molecule has 0 saturated carbocycles. The van der Waals surface area contributed by atoms with Gasteiger partial charge in [-0.05, 0) is 44.0 Å². The Morgan fingerprint density at radius 2 is 2.26 bits per heavy atom. The van der Waals surface area contributed by atoms with Crippen molar-refractivity contribution in [2.45, 2.75) is 31.2 Å². The average Bonchev–Trinajstić information content (AvgIpc) is 2.40. The first-order valence-corrected chi connectivity index (χ1v) is 7.84. The highest BCUT2D eigenvalue weighted by atomic mass is 32.2. The number of carbonyl (C=O) groups is 1. The maximum absolute atomic E-state index is 12.0. The molecule has 1 fully saturated rings. The van der Waals surface area contributed by atoms with Crippen LogP contribution in [0.25, 0.3) is 0 Å². The van der Waals surface area contributed by atoms with Crippen molar-refractivity contribution in [3.8, 4) is 0 Å². The monoisotopic (exact) mass is 278 g/mol. The molecule has 1 aromatic rings. The van der Waals surface area contributed by atoms with Crippen LogP contribution in [0.4, 0.5) is 0 Å². The fourth-order valence-electron chi connectivity index (χ4n) is 2.34. The second kappa shape index (κ2) is 6.96. The molecule has 0 spiro atoms. The maximum atomic E-state index is 12.0. The van der Waals surface area contributed by atoms with E-state index < -0.39 is 0 Å². The second-order valence-electron chi connectivity index (χ2n) is 5.20. The van der Waals surface area contributed by atoms with Crippen LogP contribution >= 0.6 is 11.8 Å². The summed E-state index contributed by atoms with van der Waals surface area (Å²) in [5.41, 5.74) is 1.23. The van der Waals surface area contributed by atoms with Gasteiger partial charge in [-0.1, -0.05) is 25.1 Å². The van der Waals surface area contributed by atoms with E-state index in [1.807, 2.05) is 12.1 Å². The number of thioether (sulfide) groups is 1. The van der Waals surface area contributed by atoms with Crippen LogP contribution in [0.15, 0.2) is 29.2 Å². The Morgan fingerprint density at radius 1 is 1.47 bits per heavy atom. The molecule has 0 bridgehead atoms. The van der Waals surface area contributed by atoms with Crippen molar-refractivity contribution in [1.29, 1.82) is 0 Å². The summed E-state index contributed by atoms with van der Waals surface area (Å²) in [6.45, 7) is 6.26. The lowest BCUT2D eigenvalue weighted by Gasteiger charge is -2.30. The van der Waals surface area contributed by atoms with E-state index in [0.29, 0.717) is 17.7 Å². The van der Waals surface area contributed by atoms with E-state index in [2.05, 4.69) is 36.6 Å². The number of amides is 1. The lowest BCUT2D eigenvalue weighted by Crippen LogP contribution is -2.48. The van der Waals surface area contributed by atoms with Crippen LogP contribution < -0.4 is 10.6 Å². The summed E-state index contributed by atoms with van der Waals surface area (Å²) in [4.78, 5) is 13.2. The van der Waals surface area contributed by atoms with Gasteiger partial charge < -0.3 is 10.6 Å². The number of piperidine rings is 1. The normalized spacial score (nSPS) is 23.1. The summed E-state index contributed by atoms with van der Waals surface area (Å²) in [5, 5.41) is 6.51. The van der Waals surface area contributed by atoms with Crippen molar-refractivity contribution >= 4 is 17.7 Å². The highest BCUT2D eigenvalue weighted by molar-refractivity contribution is 8.00. The molecule has 4 heteroatoms. The number of hydrogen-bond donors (Lipinski definition) is 2. The predicted molar refractivity (Wildman–Crippen MR) is 80.5 cm³/mol. The summed E-state index contributed by atoms with van der Waals surface area (Å²) >= 11 is 1.62. The maximum Gasteiger partial charge on any atom is 0.230 e. The standard InChI is InChI=1S/C15H22N2OS/c1-11-5-3-4-6-14(11)19-10-15(18)17-13-7-8-16-9-12(13)2/h3-6,12-13,16H,7-10H2,1-2H3,(H,17,18). The Bertz CT molecular complexity index is 436. The minimum atomic E-state index is 0.145.